The number of nitrogens with one attached hydrogen (secondary N) is 1. The minimum Gasteiger partial charge on any atom is -0.267 e. The summed E-state index contributed by atoms with van der Waals surface area (Å²) in [4.78, 5) is 22.0. The monoisotopic (exact) mass is 315 g/mol. The van der Waals surface area contributed by atoms with Gasteiger partial charge in [0.05, 0.1) is 4.92 Å². The Balaban J connectivity index is 2.54. The van der Waals surface area contributed by atoms with Crippen molar-refractivity contribution in [3.63, 3.8) is 0 Å². The van der Waals surface area contributed by atoms with Crippen LogP contribution in [0.25, 0.3) is 0 Å². The molecule has 23 heavy (non-hydrogen) atoms. The van der Waals surface area contributed by atoms with E-state index in [1.807, 2.05) is 13.0 Å². The molecule has 0 aliphatic carbocycles. The number of hydrogen-bond acceptors (Lipinski definition) is 4. The fraction of sp³-hybridized carbons (Fsp3) is 0.294. The molecule has 0 aromatic heterocycles. The van der Waals surface area contributed by atoms with Gasteiger partial charge in [-0.2, -0.15) is 5.10 Å². The molecule has 0 unspecified atom stereocenters. The molecule has 0 atom stereocenters. The summed E-state index contributed by atoms with van der Waals surface area (Å²) >= 11 is 0. The Kier molecular flexibility index (Phi) is 7.39. The molecule has 6 nitrogen and oxygen atoms in total. The molecule has 1 aromatic carbocycles. The summed E-state index contributed by atoms with van der Waals surface area (Å²) in [5, 5.41) is 14.5. The Morgan fingerprint density at radius 3 is 2.74 bits per heavy atom. The summed E-state index contributed by atoms with van der Waals surface area (Å²) in [6, 6.07) is 5.51. The lowest BCUT2D eigenvalue weighted by molar-refractivity contribution is -0.384. The molecule has 0 aliphatic heterocycles. The first-order valence-corrected chi connectivity index (χ1v) is 7.27. The molecule has 0 fully saturated rings. The van der Waals surface area contributed by atoms with E-state index in [1.54, 1.807) is 0 Å². The zero-order chi connectivity index (χ0) is 17.2. The van der Waals surface area contributed by atoms with Crippen LogP contribution in [0.5, 0.6) is 0 Å². The van der Waals surface area contributed by atoms with E-state index in [0.29, 0.717) is 0 Å². The summed E-state index contributed by atoms with van der Waals surface area (Å²) in [7, 11) is 0. The minimum atomic E-state index is -0.543. The maximum Gasteiger partial charge on any atom is 0.271 e. The van der Waals surface area contributed by atoms with E-state index in [2.05, 4.69) is 30.5 Å². The van der Waals surface area contributed by atoms with Crippen LogP contribution >= 0.6 is 0 Å². The second-order valence-corrected chi connectivity index (χ2v) is 5.36. The average Bonchev–Trinajstić information content (AvgIpc) is 2.51. The number of benzene rings is 1. The molecular weight excluding hydrogens is 294 g/mol. The lowest BCUT2D eigenvalue weighted by Crippen LogP contribution is -2.17. The number of carbonyl (C=O) groups excluding carboxylic acids is 1. The summed E-state index contributed by atoms with van der Waals surface area (Å²) in [5.74, 6) is -0.486. The zero-order valence-electron chi connectivity index (χ0n) is 13.6. The number of allylic oxidation sites excluding steroid dienone is 4. The highest BCUT2D eigenvalue weighted by atomic mass is 16.6. The van der Waals surface area contributed by atoms with Gasteiger partial charge in [-0.15, -0.1) is 0 Å². The van der Waals surface area contributed by atoms with Crippen LogP contribution in [-0.2, 0) is 0 Å². The van der Waals surface area contributed by atoms with Crippen molar-refractivity contribution in [1.82, 2.24) is 5.43 Å². The zero-order valence-corrected chi connectivity index (χ0v) is 13.6. The Morgan fingerprint density at radius 1 is 1.35 bits per heavy atom. The third-order valence-electron chi connectivity index (χ3n) is 3.01. The van der Waals surface area contributed by atoms with Crippen LogP contribution in [0.1, 0.15) is 44.0 Å². The number of hydrogen-bond donors (Lipinski definition) is 1. The van der Waals surface area contributed by atoms with E-state index in [1.165, 1.54) is 36.1 Å². The molecule has 0 bridgehead atoms. The molecule has 0 radical (unpaired) electrons. The second-order valence-electron chi connectivity index (χ2n) is 5.36. The first kappa shape index (κ1) is 18.3. The van der Waals surface area contributed by atoms with Crippen molar-refractivity contribution in [1.29, 1.82) is 0 Å². The molecule has 6 heteroatoms. The molecule has 0 saturated carbocycles. The summed E-state index contributed by atoms with van der Waals surface area (Å²) in [5.41, 5.74) is 4.85. The second kappa shape index (κ2) is 9.30. The standard InChI is InChI=1S/C17H21N3O3/c1-13(2)6-4-7-14(3)10-11-18-19-17(21)15-8-5-9-16(12-15)20(22)23/h5-6,8-12H,4,7H2,1-3H3,(H,19,21)/b14-10+,18-11-. The van der Waals surface area contributed by atoms with Gasteiger partial charge >= 0.3 is 0 Å². The summed E-state index contributed by atoms with van der Waals surface area (Å²) in [6.07, 6.45) is 7.40. The van der Waals surface area contributed by atoms with E-state index in [0.717, 1.165) is 18.4 Å². The van der Waals surface area contributed by atoms with Crippen LogP contribution in [-0.4, -0.2) is 17.0 Å². The average molecular weight is 315 g/mol. The maximum absolute atomic E-state index is 11.8. The number of amides is 1. The van der Waals surface area contributed by atoms with E-state index in [9.17, 15) is 14.9 Å². The predicted octanol–water partition coefficient (Wildman–Crippen LogP) is 4.00. The van der Waals surface area contributed by atoms with Gasteiger partial charge < -0.3 is 0 Å². The van der Waals surface area contributed by atoms with E-state index >= 15 is 0 Å². The van der Waals surface area contributed by atoms with Crippen LogP contribution in [0, 0.1) is 10.1 Å². The fourth-order valence-corrected chi connectivity index (χ4v) is 1.76. The molecule has 0 heterocycles. The number of nitro groups is 1. The normalized spacial score (nSPS) is 11.3. The lowest BCUT2D eigenvalue weighted by Gasteiger charge is -1.99. The van der Waals surface area contributed by atoms with Crippen LogP contribution in [0.15, 0.2) is 52.7 Å². The van der Waals surface area contributed by atoms with Gasteiger partial charge in [0.25, 0.3) is 11.6 Å². The van der Waals surface area contributed by atoms with Gasteiger partial charge in [-0.25, -0.2) is 5.43 Å². The topological polar surface area (TPSA) is 84.6 Å². The number of hydrazone groups is 1. The van der Waals surface area contributed by atoms with Crippen LogP contribution in [0.3, 0.4) is 0 Å². The highest BCUT2D eigenvalue weighted by Gasteiger charge is 2.10. The van der Waals surface area contributed by atoms with Crippen molar-refractivity contribution in [2.75, 3.05) is 0 Å². The lowest BCUT2D eigenvalue weighted by atomic mass is 10.1. The van der Waals surface area contributed by atoms with Gasteiger partial charge in [-0.05, 0) is 45.8 Å². The van der Waals surface area contributed by atoms with Crippen LogP contribution in [0.4, 0.5) is 5.69 Å². The summed E-state index contributed by atoms with van der Waals surface area (Å²) < 4.78 is 0. The fourth-order valence-electron chi connectivity index (χ4n) is 1.76. The molecule has 122 valence electrons. The van der Waals surface area contributed by atoms with Crippen LogP contribution in [0.2, 0.25) is 0 Å². The number of non-ortho nitro benzene ring substituents is 1. The molecule has 1 aromatic rings. The van der Waals surface area contributed by atoms with Gasteiger partial charge in [-0.3, -0.25) is 14.9 Å². The molecule has 1 amide bonds. The minimum absolute atomic E-state index is 0.128. The Labute approximate surface area is 135 Å². The predicted molar refractivity (Wildman–Crippen MR) is 91.5 cm³/mol. The van der Waals surface area contributed by atoms with Gasteiger partial charge in [0.1, 0.15) is 0 Å². The highest BCUT2D eigenvalue weighted by Crippen LogP contribution is 2.12. The van der Waals surface area contributed by atoms with Crippen molar-refractivity contribution >= 4 is 17.8 Å². The van der Waals surface area contributed by atoms with Crippen LogP contribution < -0.4 is 5.43 Å². The quantitative estimate of drug-likeness (QED) is 0.357. The molecular formula is C17H21N3O3. The van der Waals surface area contributed by atoms with Crippen molar-refractivity contribution in [3.8, 4) is 0 Å². The smallest absolute Gasteiger partial charge is 0.267 e. The van der Waals surface area contributed by atoms with E-state index in [-0.39, 0.29) is 11.3 Å². The SMILES string of the molecule is CC(C)=CCC/C(C)=C/C=N\NC(=O)c1cccc([N+](=O)[O-])c1. The molecule has 0 spiro atoms. The van der Waals surface area contributed by atoms with Gasteiger partial charge in [0.15, 0.2) is 0 Å². The van der Waals surface area contributed by atoms with Crippen molar-refractivity contribution in [2.45, 2.75) is 33.6 Å². The van der Waals surface area contributed by atoms with E-state index < -0.39 is 10.8 Å². The maximum atomic E-state index is 11.8. The summed E-state index contributed by atoms with van der Waals surface area (Å²) in [6.45, 7) is 6.11. The molecule has 0 saturated heterocycles. The Morgan fingerprint density at radius 2 is 2.09 bits per heavy atom. The number of nitrogens with zero attached hydrogens (tertiary/aromatic N) is 2. The number of carbonyl (C=O) groups is 1. The first-order valence-electron chi connectivity index (χ1n) is 7.27. The highest BCUT2D eigenvalue weighted by molar-refractivity contribution is 5.95. The van der Waals surface area contributed by atoms with Gasteiger partial charge in [0, 0.05) is 23.9 Å². The van der Waals surface area contributed by atoms with Crippen molar-refractivity contribution in [2.24, 2.45) is 5.10 Å². The molecule has 0 aliphatic rings. The molecule has 1 rings (SSSR count). The third kappa shape index (κ3) is 7.17. The first-order chi connectivity index (χ1) is 10.9. The largest absolute Gasteiger partial charge is 0.271 e. The van der Waals surface area contributed by atoms with Gasteiger partial charge in [0.2, 0.25) is 0 Å². The Bertz CT molecular complexity index is 657. The third-order valence-corrected chi connectivity index (χ3v) is 3.01. The number of rotatable bonds is 7. The van der Waals surface area contributed by atoms with Crippen molar-refractivity contribution < 1.29 is 9.72 Å². The van der Waals surface area contributed by atoms with Gasteiger partial charge in [-0.1, -0.05) is 23.3 Å². The van der Waals surface area contributed by atoms with E-state index in [4.69, 9.17) is 0 Å². The Hall–Kier alpha value is -2.76. The molecule has 1 N–H and O–H groups in total. The number of nitro benzene ring substituents is 1. The van der Waals surface area contributed by atoms with Crippen molar-refractivity contribution in [3.05, 3.63) is 63.2 Å².